The molecular weight excluding hydrogens is 348 g/mol. The molecule has 134 valence electrons. The molecule has 2 atom stereocenters. The monoisotopic (exact) mass is 362 g/mol. The highest BCUT2D eigenvalue weighted by Gasteiger charge is 2.49. The van der Waals surface area contributed by atoms with Gasteiger partial charge in [-0.05, 0) is 6.07 Å². The number of hydrogen-bond acceptors (Lipinski definition) is 6. The molecule has 0 saturated heterocycles. The van der Waals surface area contributed by atoms with Gasteiger partial charge < -0.3 is 18.9 Å². The van der Waals surface area contributed by atoms with Crippen LogP contribution in [0.25, 0.3) is 0 Å². The van der Waals surface area contributed by atoms with Crippen LogP contribution >= 0.6 is 0 Å². The van der Waals surface area contributed by atoms with Crippen LogP contribution < -0.4 is 14.2 Å². The van der Waals surface area contributed by atoms with Crippen LogP contribution in [0.5, 0.6) is 17.2 Å². The lowest BCUT2D eigenvalue weighted by Crippen LogP contribution is -2.39. The van der Waals surface area contributed by atoms with Gasteiger partial charge in [0.2, 0.25) is 5.78 Å². The Morgan fingerprint density at radius 3 is 2.30 bits per heavy atom. The quantitative estimate of drug-likeness (QED) is 0.718. The predicted molar refractivity (Wildman–Crippen MR) is 92.7 cm³/mol. The van der Waals surface area contributed by atoms with E-state index in [9.17, 15) is 9.59 Å². The van der Waals surface area contributed by atoms with E-state index in [0.717, 1.165) is 5.56 Å². The molecule has 6 nitrogen and oxygen atoms in total. The lowest BCUT2D eigenvalue weighted by Gasteiger charge is -2.31. The fourth-order valence-corrected chi connectivity index (χ4v) is 4.24. The van der Waals surface area contributed by atoms with Gasteiger partial charge in [0.1, 0.15) is 25.1 Å². The van der Waals surface area contributed by atoms with Gasteiger partial charge >= 0.3 is 0 Å². The van der Waals surface area contributed by atoms with Crippen molar-refractivity contribution in [3.05, 3.63) is 64.4 Å². The van der Waals surface area contributed by atoms with Gasteiger partial charge in [-0.2, -0.15) is 0 Å². The van der Waals surface area contributed by atoms with Gasteiger partial charge in [-0.25, -0.2) is 0 Å². The molecule has 0 aromatic heterocycles. The number of carbonyl (C=O) groups is 2. The van der Waals surface area contributed by atoms with Crippen LogP contribution in [-0.2, 0) is 4.74 Å². The molecule has 1 aliphatic carbocycles. The largest absolute Gasteiger partial charge is 0.488 e. The minimum atomic E-state index is -0.544. The molecule has 0 bridgehead atoms. The fourth-order valence-electron chi connectivity index (χ4n) is 4.24. The molecule has 0 radical (unpaired) electrons. The van der Waals surface area contributed by atoms with Crippen LogP contribution in [-0.4, -0.2) is 37.5 Å². The van der Waals surface area contributed by atoms with Gasteiger partial charge in [0.15, 0.2) is 23.0 Å². The summed E-state index contributed by atoms with van der Waals surface area (Å²) in [6, 6.07) is 10.5. The number of carbonyl (C=O) groups excluding carboxylic acids is 2. The van der Waals surface area contributed by atoms with Crippen LogP contribution in [0.1, 0.15) is 32.2 Å². The van der Waals surface area contributed by atoms with Crippen LogP contribution in [0.3, 0.4) is 0 Å². The highest BCUT2D eigenvalue weighted by molar-refractivity contribution is 6.26. The Morgan fingerprint density at radius 1 is 0.815 bits per heavy atom. The van der Waals surface area contributed by atoms with E-state index in [0.29, 0.717) is 47.2 Å². The number of allylic oxidation sites excluding steroid dienone is 1. The van der Waals surface area contributed by atoms with Crippen molar-refractivity contribution in [2.45, 2.75) is 12.0 Å². The highest BCUT2D eigenvalue weighted by Crippen LogP contribution is 2.50. The van der Waals surface area contributed by atoms with Gasteiger partial charge in [0, 0.05) is 22.8 Å². The van der Waals surface area contributed by atoms with E-state index in [1.165, 1.54) is 0 Å². The first kappa shape index (κ1) is 14.8. The zero-order valence-electron chi connectivity index (χ0n) is 14.2. The van der Waals surface area contributed by atoms with E-state index >= 15 is 0 Å². The standard InChI is InChI=1S/C21H14O6/c22-18-10-3-1-2-4-11(10)19(23)21-17(18)20-13(9-26-21)12-7-15-16(8-14(12)27-20)25-6-5-24-15/h1-4,7-8,13,20H,5-6,9H2. The first-order chi connectivity index (χ1) is 13.2. The Bertz CT molecular complexity index is 1070. The fraction of sp³-hybridized carbons (Fsp3) is 0.238. The highest BCUT2D eigenvalue weighted by atomic mass is 16.6. The summed E-state index contributed by atoms with van der Waals surface area (Å²) in [4.78, 5) is 26.0. The van der Waals surface area contributed by atoms with Crippen molar-refractivity contribution in [1.29, 1.82) is 0 Å². The molecule has 0 amide bonds. The third-order valence-electron chi connectivity index (χ3n) is 5.50. The zero-order chi connectivity index (χ0) is 18.1. The maximum absolute atomic E-state index is 13.1. The summed E-state index contributed by atoms with van der Waals surface area (Å²) < 4.78 is 23.2. The number of ether oxygens (including phenoxy) is 4. The molecular formula is C21H14O6. The molecule has 6 heteroatoms. The van der Waals surface area contributed by atoms with Crippen molar-refractivity contribution in [2.75, 3.05) is 19.8 Å². The van der Waals surface area contributed by atoms with Crippen LogP contribution in [0.2, 0.25) is 0 Å². The van der Waals surface area contributed by atoms with Crippen molar-refractivity contribution < 1.29 is 28.5 Å². The van der Waals surface area contributed by atoms with Crippen molar-refractivity contribution in [1.82, 2.24) is 0 Å². The summed E-state index contributed by atoms with van der Waals surface area (Å²) in [6.07, 6.45) is -0.544. The summed E-state index contributed by atoms with van der Waals surface area (Å²) in [7, 11) is 0. The minimum absolute atomic E-state index is 0.116. The van der Waals surface area contributed by atoms with Crippen molar-refractivity contribution in [3.63, 3.8) is 0 Å². The maximum Gasteiger partial charge on any atom is 0.228 e. The predicted octanol–water partition coefficient (Wildman–Crippen LogP) is 2.67. The van der Waals surface area contributed by atoms with Crippen molar-refractivity contribution >= 4 is 11.6 Å². The lowest BCUT2D eigenvalue weighted by molar-refractivity contribution is 0.0697. The summed E-state index contributed by atoms with van der Waals surface area (Å²) in [5, 5.41) is 0. The van der Waals surface area contributed by atoms with E-state index in [-0.39, 0.29) is 29.9 Å². The van der Waals surface area contributed by atoms with Crippen LogP contribution in [0.15, 0.2) is 47.7 Å². The number of Topliss-reactive ketones (excluding diaryl/α,β-unsaturated/α-hetero) is 2. The second kappa shape index (κ2) is 5.13. The number of benzene rings is 2. The Morgan fingerprint density at radius 2 is 1.52 bits per heavy atom. The number of fused-ring (bicyclic) bond motifs is 6. The molecule has 3 heterocycles. The smallest absolute Gasteiger partial charge is 0.228 e. The minimum Gasteiger partial charge on any atom is -0.488 e. The normalized spacial score (nSPS) is 24.3. The molecule has 0 N–H and O–H groups in total. The average Bonchev–Trinajstić information content (AvgIpc) is 3.07. The molecule has 2 aromatic carbocycles. The van der Waals surface area contributed by atoms with Crippen LogP contribution in [0.4, 0.5) is 0 Å². The number of rotatable bonds is 0. The molecule has 3 aliphatic heterocycles. The molecule has 6 rings (SSSR count). The van der Waals surface area contributed by atoms with E-state index in [1.807, 2.05) is 6.07 Å². The third kappa shape index (κ3) is 1.90. The molecule has 0 spiro atoms. The van der Waals surface area contributed by atoms with Gasteiger partial charge in [0.05, 0.1) is 18.1 Å². The average molecular weight is 362 g/mol. The first-order valence-electron chi connectivity index (χ1n) is 8.88. The maximum atomic E-state index is 13.1. The van der Waals surface area contributed by atoms with Crippen LogP contribution in [0, 0.1) is 0 Å². The number of hydrogen-bond donors (Lipinski definition) is 0. The lowest BCUT2D eigenvalue weighted by atomic mass is 9.80. The Labute approximate surface area is 154 Å². The third-order valence-corrected chi connectivity index (χ3v) is 5.50. The molecule has 27 heavy (non-hydrogen) atoms. The SMILES string of the molecule is O=C1C2=C(C(=O)c3ccccc31)C1Oc3cc4c(cc3C1CO2)OCCO4. The Balaban J connectivity index is 1.47. The molecule has 2 aromatic rings. The van der Waals surface area contributed by atoms with Gasteiger partial charge in [0.25, 0.3) is 0 Å². The second-order valence-electron chi connectivity index (χ2n) is 6.94. The molecule has 4 aliphatic rings. The van der Waals surface area contributed by atoms with Gasteiger partial charge in [-0.15, -0.1) is 0 Å². The van der Waals surface area contributed by atoms with Crippen molar-refractivity contribution in [3.8, 4) is 17.2 Å². The summed E-state index contributed by atoms with van der Waals surface area (Å²) >= 11 is 0. The second-order valence-corrected chi connectivity index (χ2v) is 6.94. The van der Waals surface area contributed by atoms with Crippen molar-refractivity contribution in [2.24, 2.45) is 0 Å². The topological polar surface area (TPSA) is 71.1 Å². The Kier molecular flexibility index (Phi) is 2.82. The first-order valence-corrected chi connectivity index (χ1v) is 8.88. The molecule has 2 unspecified atom stereocenters. The van der Waals surface area contributed by atoms with E-state index in [1.54, 1.807) is 30.3 Å². The van der Waals surface area contributed by atoms with E-state index < -0.39 is 6.10 Å². The van der Waals surface area contributed by atoms with E-state index in [2.05, 4.69) is 0 Å². The summed E-state index contributed by atoms with van der Waals surface area (Å²) in [6.45, 7) is 1.26. The summed E-state index contributed by atoms with van der Waals surface area (Å²) in [5.41, 5.74) is 2.00. The molecule has 0 saturated carbocycles. The Hall–Kier alpha value is -3.28. The number of ketones is 2. The van der Waals surface area contributed by atoms with E-state index in [4.69, 9.17) is 18.9 Å². The zero-order valence-corrected chi connectivity index (χ0v) is 14.2. The van der Waals surface area contributed by atoms with Gasteiger partial charge in [-0.3, -0.25) is 9.59 Å². The molecule has 0 fully saturated rings. The summed E-state index contributed by atoms with van der Waals surface area (Å²) in [5.74, 6) is 1.42. The van der Waals surface area contributed by atoms with Gasteiger partial charge in [-0.1, -0.05) is 24.3 Å².